The summed E-state index contributed by atoms with van der Waals surface area (Å²) in [6.07, 6.45) is 1.18. The fourth-order valence-corrected chi connectivity index (χ4v) is 5.48. The van der Waals surface area contributed by atoms with E-state index in [1.54, 1.807) is 22.8 Å². The van der Waals surface area contributed by atoms with Gasteiger partial charge in [0.05, 0.1) is 11.1 Å². The highest BCUT2D eigenvalue weighted by atomic mass is 16.6. The molecule has 10 nitrogen and oxygen atoms in total. The molecule has 1 saturated heterocycles. The van der Waals surface area contributed by atoms with Crippen LogP contribution < -0.4 is 15.0 Å². The molecule has 0 unspecified atom stereocenters. The molecule has 1 N–H and O–H groups in total. The molecule has 10 heteroatoms. The third-order valence-corrected chi connectivity index (χ3v) is 7.47. The molecule has 0 atom stereocenters. The van der Waals surface area contributed by atoms with Crippen molar-refractivity contribution in [2.75, 3.05) is 32.8 Å². The summed E-state index contributed by atoms with van der Waals surface area (Å²) in [5, 5.41) is 10.1. The minimum atomic E-state index is -1.11. The fourth-order valence-electron chi connectivity index (χ4n) is 5.48. The number of aromatic carboxylic acids is 1. The topological polar surface area (TPSA) is 111 Å². The number of ether oxygens (including phenoxy) is 3. The fraction of sp³-hybridized carbons (Fsp3) is 0.452. The second-order valence-corrected chi connectivity index (χ2v) is 11.5. The zero-order chi connectivity index (χ0) is 29.1. The highest BCUT2D eigenvalue weighted by Gasteiger charge is 2.31. The van der Waals surface area contributed by atoms with Crippen LogP contribution >= 0.6 is 0 Å². The molecular formula is C31H37N3O7. The van der Waals surface area contributed by atoms with E-state index >= 15 is 0 Å². The van der Waals surface area contributed by atoms with Crippen molar-refractivity contribution in [3.8, 4) is 11.5 Å². The predicted molar refractivity (Wildman–Crippen MR) is 154 cm³/mol. The molecule has 41 heavy (non-hydrogen) atoms. The van der Waals surface area contributed by atoms with Crippen molar-refractivity contribution in [2.45, 2.75) is 58.3 Å². The molecule has 3 aromatic rings. The Hall–Kier alpha value is -4.05. The van der Waals surface area contributed by atoms with Crippen molar-refractivity contribution < 1.29 is 28.9 Å². The van der Waals surface area contributed by atoms with Gasteiger partial charge in [-0.2, -0.15) is 0 Å². The molecule has 1 aromatic heterocycles. The highest BCUT2D eigenvalue weighted by molar-refractivity contribution is 6.02. The van der Waals surface area contributed by atoms with Crippen LogP contribution in [0.1, 0.15) is 49.5 Å². The average Bonchev–Trinajstić information content (AvgIpc) is 2.94. The normalized spacial score (nSPS) is 16.0. The minimum absolute atomic E-state index is 0.00676. The second kappa shape index (κ2) is 11.8. The molecule has 0 aliphatic carbocycles. The summed E-state index contributed by atoms with van der Waals surface area (Å²) in [5.41, 5.74) is 0.630. The van der Waals surface area contributed by atoms with Crippen LogP contribution in [0.4, 0.5) is 4.79 Å². The zero-order valence-corrected chi connectivity index (χ0v) is 23.8. The summed E-state index contributed by atoms with van der Waals surface area (Å²) < 4.78 is 18.8. The molecule has 1 amide bonds. The van der Waals surface area contributed by atoms with E-state index in [1.165, 1.54) is 6.07 Å². The van der Waals surface area contributed by atoms with Gasteiger partial charge >= 0.3 is 12.1 Å². The number of fused-ring (bicyclic) bond motifs is 2. The summed E-state index contributed by atoms with van der Waals surface area (Å²) in [5.74, 6) is 0.284. The number of hydrogen-bond donors (Lipinski definition) is 1. The molecule has 0 radical (unpaired) electrons. The Bertz CT molecular complexity index is 1490. The number of carboxylic acids is 1. The molecule has 0 bridgehead atoms. The lowest BCUT2D eigenvalue weighted by atomic mass is 10.0. The van der Waals surface area contributed by atoms with Crippen LogP contribution in [0.5, 0.6) is 11.5 Å². The van der Waals surface area contributed by atoms with Crippen LogP contribution in [0, 0.1) is 0 Å². The summed E-state index contributed by atoms with van der Waals surface area (Å²) >= 11 is 0. The van der Waals surface area contributed by atoms with Gasteiger partial charge in [0.15, 0.2) is 11.5 Å². The van der Waals surface area contributed by atoms with E-state index in [1.807, 2.05) is 49.9 Å². The number of carbonyl (C=O) groups is 2. The van der Waals surface area contributed by atoms with E-state index in [0.29, 0.717) is 55.2 Å². The number of piperidine rings is 1. The Labute approximate surface area is 239 Å². The molecule has 0 saturated carbocycles. The summed E-state index contributed by atoms with van der Waals surface area (Å²) in [4.78, 5) is 41.9. The van der Waals surface area contributed by atoms with Crippen molar-refractivity contribution in [1.82, 2.24) is 14.4 Å². The van der Waals surface area contributed by atoms with Gasteiger partial charge in [-0.1, -0.05) is 24.3 Å². The maximum Gasteiger partial charge on any atom is 0.410 e. The van der Waals surface area contributed by atoms with Crippen LogP contribution in [-0.2, 0) is 17.8 Å². The van der Waals surface area contributed by atoms with Gasteiger partial charge in [-0.05, 0) is 57.4 Å². The van der Waals surface area contributed by atoms with Crippen LogP contribution in [0.2, 0.25) is 0 Å². The third kappa shape index (κ3) is 6.65. The number of nitrogens with zero attached hydrogens (tertiary/aromatic N) is 3. The van der Waals surface area contributed by atoms with Gasteiger partial charge in [0, 0.05) is 50.2 Å². The van der Waals surface area contributed by atoms with E-state index in [-0.39, 0.29) is 23.3 Å². The van der Waals surface area contributed by atoms with Crippen LogP contribution in [0.15, 0.2) is 53.3 Å². The summed E-state index contributed by atoms with van der Waals surface area (Å²) in [7, 11) is 0. The first-order valence-electron chi connectivity index (χ1n) is 14.1. The number of carbonyl (C=O) groups excluding carboxylic acids is 1. The zero-order valence-electron chi connectivity index (χ0n) is 23.8. The monoisotopic (exact) mass is 563 g/mol. The molecule has 2 aromatic carbocycles. The van der Waals surface area contributed by atoms with Crippen LogP contribution in [-0.4, -0.2) is 76.0 Å². The molecule has 3 heterocycles. The number of aromatic nitrogens is 1. The second-order valence-electron chi connectivity index (χ2n) is 11.5. The third-order valence-electron chi connectivity index (χ3n) is 7.47. The lowest BCUT2D eigenvalue weighted by Gasteiger charge is -2.39. The molecule has 5 rings (SSSR count). The van der Waals surface area contributed by atoms with Gasteiger partial charge in [-0.3, -0.25) is 4.79 Å². The van der Waals surface area contributed by atoms with E-state index in [4.69, 9.17) is 14.2 Å². The number of carboxylic acid groups (broad SMARTS) is 1. The quantitative estimate of drug-likeness (QED) is 0.451. The van der Waals surface area contributed by atoms with Crippen molar-refractivity contribution in [3.05, 3.63) is 70.0 Å². The lowest BCUT2D eigenvalue weighted by Crippen LogP contribution is -2.49. The Morgan fingerprint density at radius 1 is 1.00 bits per heavy atom. The van der Waals surface area contributed by atoms with E-state index in [9.17, 15) is 19.5 Å². The Kier molecular flexibility index (Phi) is 8.21. The predicted octanol–water partition coefficient (Wildman–Crippen LogP) is 4.37. The molecule has 2 aliphatic rings. The molecular weight excluding hydrogens is 526 g/mol. The van der Waals surface area contributed by atoms with E-state index in [0.717, 1.165) is 31.5 Å². The maximum atomic E-state index is 13.3. The van der Waals surface area contributed by atoms with Crippen LogP contribution in [0.3, 0.4) is 0 Å². The van der Waals surface area contributed by atoms with Gasteiger partial charge in [0.1, 0.15) is 18.8 Å². The molecule has 218 valence electrons. The number of amides is 1. The molecule has 2 aliphatic heterocycles. The van der Waals surface area contributed by atoms with Gasteiger partial charge in [0.25, 0.3) is 5.56 Å². The first-order valence-corrected chi connectivity index (χ1v) is 14.1. The van der Waals surface area contributed by atoms with Gasteiger partial charge in [-0.25, -0.2) is 9.59 Å². The van der Waals surface area contributed by atoms with Crippen molar-refractivity contribution in [2.24, 2.45) is 0 Å². The molecule has 0 spiro atoms. The number of rotatable bonds is 7. The average molecular weight is 564 g/mol. The first-order chi connectivity index (χ1) is 19.6. The lowest BCUT2D eigenvalue weighted by molar-refractivity contribution is 0.00561. The minimum Gasteiger partial charge on any atom is -0.486 e. The van der Waals surface area contributed by atoms with Crippen molar-refractivity contribution in [3.63, 3.8) is 0 Å². The number of para-hydroxylation sites is 1. The molecule has 1 fully saturated rings. The SMILES string of the molecule is CC(C)(C)OC(=O)N(Cc1ccc2c(c1)OCCO2)C1CCN(CCn2c(=O)cc(C(=O)O)c3ccccc32)CC1. The smallest absolute Gasteiger partial charge is 0.410 e. The number of pyridine rings is 1. The number of benzene rings is 2. The summed E-state index contributed by atoms with van der Waals surface area (Å²) in [6, 6.07) is 14.1. The largest absolute Gasteiger partial charge is 0.486 e. The Balaban J connectivity index is 1.27. The highest BCUT2D eigenvalue weighted by Crippen LogP contribution is 2.32. The Morgan fingerprint density at radius 3 is 2.41 bits per heavy atom. The van der Waals surface area contributed by atoms with Gasteiger partial charge in [-0.15, -0.1) is 0 Å². The standard InChI is InChI=1S/C31H37N3O7/c1-31(2,3)41-30(38)34(20-21-8-9-26-27(18-21)40-17-16-39-26)22-10-12-32(13-11-22)14-15-33-25-7-5-4-6-23(25)24(29(36)37)19-28(33)35/h4-9,18-19,22H,10-17,20H2,1-3H3,(H,36,37). The van der Waals surface area contributed by atoms with Crippen molar-refractivity contribution in [1.29, 1.82) is 0 Å². The number of hydrogen-bond acceptors (Lipinski definition) is 7. The van der Waals surface area contributed by atoms with E-state index in [2.05, 4.69) is 4.90 Å². The van der Waals surface area contributed by atoms with Gasteiger partial charge < -0.3 is 33.7 Å². The number of likely N-dealkylation sites (tertiary alicyclic amines) is 1. The maximum absolute atomic E-state index is 13.3. The van der Waals surface area contributed by atoms with Crippen molar-refractivity contribution >= 4 is 23.0 Å². The van der Waals surface area contributed by atoms with Crippen LogP contribution in [0.25, 0.3) is 10.9 Å². The first kappa shape index (κ1) is 28.5. The Morgan fingerprint density at radius 2 is 1.71 bits per heavy atom. The van der Waals surface area contributed by atoms with Gasteiger partial charge in [0.2, 0.25) is 0 Å². The summed E-state index contributed by atoms with van der Waals surface area (Å²) in [6.45, 7) is 9.60. The van der Waals surface area contributed by atoms with E-state index < -0.39 is 11.6 Å².